The van der Waals surface area contributed by atoms with Crippen LogP contribution in [0, 0.1) is 12.7 Å². The Morgan fingerprint density at radius 1 is 1.58 bits per heavy atom. The number of H-pyrrole nitrogens is 1. The summed E-state index contributed by atoms with van der Waals surface area (Å²) >= 11 is 0. The quantitative estimate of drug-likeness (QED) is 0.699. The van der Waals surface area contributed by atoms with Crippen molar-refractivity contribution in [2.45, 2.75) is 31.3 Å². The van der Waals surface area contributed by atoms with Crippen LogP contribution >= 0.6 is 0 Å². The van der Waals surface area contributed by atoms with Gasteiger partial charge >= 0.3 is 0 Å². The van der Waals surface area contributed by atoms with Crippen LogP contribution in [0.1, 0.15) is 17.2 Å². The second kappa shape index (κ2) is 5.38. The van der Waals surface area contributed by atoms with Crippen LogP contribution in [0.15, 0.2) is 11.0 Å². The Bertz CT molecular complexity index is 517. The molecule has 1 unspecified atom stereocenters. The molecule has 6 nitrogen and oxygen atoms in total. The SMILES string of the molecule is CO[C@H]1C(O)[C@@H](CO)O[C@H]1c1c[nH]c(=O)c(C)c1F. The van der Waals surface area contributed by atoms with Gasteiger partial charge in [-0.1, -0.05) is 0 Å². The first kappa shape index (κ1) is 14.1. The molecule has 1 saturated heterocycles. The summed E-state index contributed by atoms with van der Waals surface area (Å²) in [5, 5.41) is 19.0. The maximum absolute atomic E-state index is 14.1. The molecule has 2 heterocycles. The first-order valence-electron chi connectivity index (χ1n) is 5.86. The van der Waals surface area contributed by atoms with Crippen molar-refractivity contribution in [2.24, 2.45) is 0 Å². The van der Waals surface area contributed by atoms with E-state index in [1.165, 1.54) is 20.2 Å². The second-order valence-electron chi connectivity index (χ2n) is 4.48. The van der Waals surface area contributed by atoms with Crippen LogP contribution in [0.2, 0.25) is 0 Å². The summed E-state index contributed by atoms with van der Waals surface area (Å²) in [6, 6.07) is 0. The van der Waals surface area contributed by atoms with E-state index in [1.54, 1.807) is 0 Å². The fourth-order valence-corrected chi connectivity index (χ4v) is 2.24. The number of halogens is 1. The normalized spacial score (nSPS) is 30.8. The van der Waals surface area contributed by atoms with Crippen LogP contribution in [0.25, 0.3) is 0 Å². The number of methoxy groups -OCH3 is 1. The molecular weight excluding hydrogens is 257 g/mol. The molecule has 0 spiro atoms. The molecule has 1 fully saturated rings. The van der Waals surface area contributed by atoms with E-state index in [4.69, 9.17) is 14.6 Å². The molecule has 106 valence electrons. The maximum atomic E-state index is 14.1. The third-order valence-corrected chi connectivity index (χ3v) is 3.38. The van der Waals surface area contributed by atoms with E-state index < -0.39 is 42.4 Å². The monoisotopic (exact) mass is 273 g/mol. The standard InChI is InChI=1S/C12H16FNO5/c1-5-8(13)6(3-14-12(5)17)10-11(18-2)9(16)7(4-15)19-10/h3,7,9-11,15-16H,4H2,1-2H3,(H,14,17)/t7-,9?,10+,11+/m1/s1. The summed E-state index contributed by atoms with van der Waals surface area (Å²) in [7, 11) is 1.36. The average Bonchev–Trinajstić information content (AvgIpc) is 2.72. The van der Waals surface area contributed by atoms with Crippen molar-refractivity contribution in [3.63, 3.8) is 0 Å². The fraction of sp³-hybridized carbons (Fsp3) is 0.583. The first-order chi connectivity index (χ1) is 9.01. The maximum Gasteiger partial charge on any atom is 0.253 e. The van der Waals surface area contributed by atoms with Crippen LogP contribution in [-0.2, 0) is 9.47 Å². The average molecular weight is 273 g/mol. The van der Waals surface area contributed by atoms with Gasteiger partial charge in [0.05, 0.1) is 12.2 Å². The minimum atomic E-state index is -1.06. The van der Waals surface area contributed by atoms with Gasteiger partial charge in [0, 0.05) is 18.9 Å². The molecule has 1 aromatic heterocycles. The van der Waals surface area contributed by atoms with E-state index in [9.17, 15) is 14.3 Å². The number of hydrogen-bond acceptors (Lipinski definition) is 5. The summed E-state index contributed by atoms with van der Waals surface area (Å²) < 4.78 is 24.6. The number of aromatic amines is 1. The molecule has 7 heteroatoms. The number of aliphatic hydroxyl groups excluding tert-OH is 2. The predicted molar refractivity (Wildman–Crippen MR) is 63.3 cm³/mol. The molecule has 0 bridgehead atoms. The van der Waals surface area contributed by atoms with Crippen molar-refractivity contribution in [2.75, 3.05) is 13.7 Å². The van der Waals surface area contributed by atoms with Gasteiger partial charge in [-0.3, -0.25) is 4.79 Å². The van der Waals surface area contributed by atoms with Gasteiger partial charge in [0.15, 0.2) is 0 Å². The van der Waals surface area contributed by atoms with E-state index in [-0.39, 0.29) is 11.1 Å². The molecule has 1 aliphatic heterocycles. The van der Waals surface area contributed by atoms with Crippen molar-refractivity contribution in [3.05, 3.63) is 33.5 Å². The van der Waals surface area contributed by atoms with E-state index in [0.29, 0.717) is 0 Å². The molecule has 0 amide bonds. The van der Waals surface area contributed by atoms with Gasteiger partial charge in [-0.15, -0.1) is 0 Å². The zero-order valence-corrected chi connectivity index (χ0v) is 10.6. The Morgan fingerprint density at radius 3 is 2.84 bits per heavy atom. The highest BCUT2D eigenvalue weighted by atomic mass is 19.1. The lowest BCUT2D eigenvalue weighted by molar-refractivity contribution is -0.0247. The predicted octanol–water partition coefficient (Wildman–Crippen LogP) is -0.369. The van der Waals surface area contributed by atoms with E-state index in [0.717, 1.165) is 0 Å². The summed E-state index contributed by atoms with van der Waals surface area (Å²) in [6.07, 6.45) is -2.40. The second-order valence-corrected chi connectivity index (χ2v) is 4.48. The summed E-state index contributed by atoms with van der Waals surface area (Å²) in [4.78, 5) is 13.7. The summed E-state index contributed by atoms with van der Waals surface area (Å²) in [5.41, 5.74) is -0.482. The van der Waals surface area contributed by atoms with Crippen LogP contribution in [0.5, 0.6) is 0 Å². The Kier molecular flexibility index (Phi) is 4.00. The molecule has 1 aliphatic rings. The van der Waals surface area contributed by atoms with E-state index in [2.05, 4.69) is 4.98 Å². The Morgan fingerprint density at radius 2 is 2.26 bits per heavy atom. The third kappa shape index (κ3) is 2.30. The van der Waals surface area contributed by atoms with Gasteiger partial charge in [-0.2, -0.15) is 0 Å². The van der Waals surface area contributed by atoms with Crippen molar-refractivity contribution < 1.29 is 24.1 Å². The van der Waals surface area contributed by atoms with E-state index >= 15 is 0 Å². The molecule has 19 heavy (non-hydrogen) atoms. The molecular formula is C12H16FNO5. The fourth-order valence-electron chi connectivity index (χ4n) is 2.24. The molecule has 0 aromatic carbocycles. The number of aromatic nitrogens is 1. The molecule has 0 saturated carbocycles. The number of hydrogen-bond donors (Lipinski definition) is 3. The smallest absolute Gasteiger partial charge is 0.253 e. The Labute approximate surface area is 108 Å². The lowest BCUT2D eigenvalue weighted by atomic mass is 10.0. The summed E-state index contributed by atoms with van der Waals surface area (Å²) in [6.45, 7) is 0.954. The van der Waals surface area contributed by atoms with Gasteiger partial charge in [0.2, 0.25) is 0 Å². The first-order valence-corrected chi connectivity index (χ1v) is 5.86. The molecule has 3 N–H and O–H groups in total. The van der Waals surface area contributed by atoms with Crippen molar-refractivity contribution in [1.29, 1.82) is 0 Å². The highest BCUT2D eigenvalue weighted by Crippen LogP contribution is 2.36. The zero-order valence-electron chi connectivity index (χ0n) is 10.6. The lowest BCUT2D eigenvalue weighted by Crippen LogP contribution is -2.34. The van der Waals surface area contributed by atoms with Gasteiger partial charge < -0.3 is 24.7 Å². The highest BCUT2D eigenvalue weighted by Gasteiger charge is 2.45. The van der Waals surface area contributed by atoms with Crippen molar-refractivity contribution >= 4 is 0 Å². The summed E-state index contributed by atoms with van der Waals surface area (Å²) in [5.74, 6) is -0.693. The van der Waals surface area contributed by atoms with E-state index in [1.807, 2.05) is 0 Å². The topological polar surface area (TPSA) is 91.8 Å². The molecule has 0 radical (unpaired) electrons. The number of pyridine rings is 1. The molecule has 4 atom stereocenters. The lowest BCUT2D eigenvalue weighted by Gasteiger charge is -2.19. The molecule has 1 aromatic rings. The Balaban J connectivity index is 2.41. The largest absolute Gasteiger partial charge is 0.394 e. The minimum Gasteiger partial charge on any atom is -0.394 e. The van der Waals surface area contributed by atoms with Crippen molar-refractivity contribution in [1.82, 2.24) is 4.98 Å². The number of aliphatic hydroxyl groups is 2. The highest BCUT2D eigenvalue weighted by molar-refractivity contribution is 5.24. The van der Waals surface area contributed by atoms with Gasteiger partial charge in [-0.25, -0.2) is 4.39 Å². The Hall–Kier alpha value is -1.28. The number of nitrogens with one attached hydrogen (secondary N) is 1. The molecule has 2 rings (SSSR count). The van der Waals surface area contributed by atoms with Crippen LogP contribution < -0.4 is 5.56 Å². The number of rotatable bonds is 3. The minimum absolute atomic E-state index is 0.0575. The zero-order chi connectivity index (χ0) is 14.2. The van der Waals surface area contributed by atoms with Gasteiger partial charge in [0.1, 0.15) is 30.2 Å². The van der Waals surface area contributed by atoms with Gasteiger partial charge in [0.25, 0.3) is 5.56 Å². The third-order valence-electron chi connectivity index (χ3n) is 3.38. The van der Waals surface area contributed by atoms with Crippen molar-refractivity contribution in [3.8, 4) is 0 Å². The molecule has 0 aliphatic carbocycles. The van der Waals surface area contributed by atoms with Crippen LogP contribution in [0.3, 0.4) is 0 Å². The number of ether oxygens (including phenoxy) is 2. The van der Waals surface area contributed by atoms with Gasteiger partial charge in [-0.05, 0) is 6.92 Å². The van der Waals surface area contributed by atoms with Crippen LogP contribution in [-0.4, -0.2) is 47.2 Å². The van der Waals surface area contributed by atoms with Crippen LogP contribution in [0.4, 0.5) is 4.39 Å².